The lowest BCUT2D eigenvalue weighted by Crippen LogP contribution is -2.51. The first-order valence-corrected chi connectivity index (χ1v) is 8.94. The van der Waals surface area contributed by atoms with E-state index >= 15 is 0 Å². The molecule has 4 nitrogen and oxygen atoms in total. The zero-order chi connectivity index (χ0) is 18.5. The van der Waals surface area contributed by atoms with Crippen molar-refractivity contribution in [3.63, 3.8) is 0 Å². The van der Waals surface area contributed by atoms with Crippen LogP contribution in [0.5, 0.6) is 0 Å². The van der Waals surface area contributed by atoms with Gasteiger partial charge in [-0.3, -0.25) is 9.59 Å². The smallest absolute Gasteiger partial charge is 0.227 e. The van der Waals surface area contributed by atoms with Gasteiger partial charge < -0.3 is 9.80 Å². The quantitative estimate of drug-likeness (QED) is 0.825. The molecule has 1 fully saturated rings. The van der Waals surface area contributed by atoms with E-state index in [0.717, 1.165) is 5.56 Å². The summed E-state index contributed by atoms with van der Waals surface area (Å²) in [6.45, 7) is 1.97. The van der Waals surface area contributed by atoms with Gasteiger partial charge in [-0.2, -0.15) is 0 Å². The number of halogens is 2. The average molecular weight is 375 g/mol. The van der Waals surface area contributed by atoms with E-state index in [1.165, 1.54) is 12.1 Å². The number of amides is 2. The lowest BCUT2D eigenvalue weighted by Gasteiger charge is -2.35. The van der Waals surface area contributed by atoms with Crippen LogP contribution in [0.1, 0.15) is 11.1 Å². The molecule has 0 N–H and O–H groups in total. The minimum atomic E-state index is -0.342. The van der Waals surface area contributed by atoms with Crippen LogP contribution < -0.4 is 0 Å². The van der Waals surface area contributed by atoms with Crippen molar-refractivity contribution in [2.75, 3.05) is 26.2 Å². The third-order valence-corrected chi connectivity index (χ3v) is 4.90. The fraction of sp³-hybridized carbons (Fsp3) is 0.300. The highest BCUT2D eigenvalue weighted by molar-refractivity contribution is 6.31. The fourth-order valence-corrected chi connectivity index (χ4v) is 3.26. The van der Waals surface area contributed by atoms with Gasteiger partial charge in [-0.1, -0.05) is 41.9 Å². The van der Waals surface area contributed by atoms with Gasteiger partial charge in [-0.25, -0.2) is 4.39 Å². The first-order chi connectivity index (χ1) is 12.5. The number of carbonyl (C=O) groups excluding carboxylic acids is 2. The van der Waals surface area contributed by atoms with Crippen LogP contribution in [0, 0.1) is 5.82 Å². The third-order valence-electron chi connectivity index (χ3n) is 4.53. The molecule has 0 unspecified atom stereocenters. The standard InChI is InChI=1S/C20H20ClFN2O2/c21-18-7-2-1-5-16(18)14-20(26)24-10-8-23(9-11-24)19(25)13-15-4-3-6-17(22)12-15/h1-7,12H,8-11,13-14H2. The molecule has 2 amide bonds. The van der Waals surface area contributed by atoms with Gasteiger partial charge in [0.1, 0.15) is 5.82 Å². The Balaban J connectivity index is 1.51. The third kappa shape index (κ3) is 4.61. The van der Waals surface area contributed by atoms with Crippen LogP contribution in [-0.4, -0.2) is 47.8 Å². The summed E-state index contributed by atoms with van der Waals surface area (Å²) in [7, 11) is 0. The highest BCUT2D eigenvalue weighted by atomic mass is 35.5. The van der Waals surface area contributed by atoms with Crippen molar-refractivity contribution < 1.29 is 14.0 Å². The molecule has 26 heavy (non-hydrogen) atoms. The summed E-state index contributed by atoms with van der Waals surface area (Å²) in [4.78, 5) is 28.3. The predicted octanol–water partition coefficient (Wildman–Crippen LogP) is 2.94. The van der Waals surface area contributed by atoms with Crippen molar-refractivity contribution in [1.82, 2.24) is 9.80 Å². The van der Waals surface area contributed by atoms with E-state index in [1.54, 1.807) is 28.0 Å². The van der Waals surface area contributed by atoms with Crippen LogP contribution in [0.25, 0.3) is 0 Å². The van der Waals surface area contributed by atoms with Crippen molar-refractivity contribution >= 4 is 23.4 Å². The number of hydrogen-bond acceptors (Lipinski definition) is 2. The maximum atomic E-state index is 13.2. The van der Waals surface area contributed by atoms with Crippen molar-refractivity contribution in [2.24, 2.45) is 0 Å². The molecule has 1 saturated heterocycles. The second kappa shape index (κ2) is 8.32. The molecule has 0 saturated carbocycles. The minimum absolute atomic E-state index is 0.00956. The van der Waals surface area contributed by atoms with Crippen molar-refractivity contribution in [1.29, 1.82) is 0 Å². The van der Waals surface area contributed by atoms with Crippen LogP contribution in [-0.2, 0) is 22.4 Å². The molecule has 0 bridgehead atoms. The van der Waals surface area contributed by atoms with Crippen LogP contribution in [0.2, 0.25) is 5.02 Å². The fourth-order valence-electron chi connectivity index (χ4n) is 3.06. The highest BCUT2D eigenvalue weighted by Crippen LogP contribution is 2.17. The van der Waals surface area contributed by atoms with Crippen LogP contribution in [0.4, 0.5) is 4.39 Å². The molecule has 1 aliphatic heterocycles. The van der Waals surface area contributed by atoms with E-state index in [4.69, 9.17) is 11.6 Å². The second-order valence-electron chi connectivity index (χ2n) is 6.34. The average Bonchev–Trinajstić information content (AvgIpc) is 2.64. The van der Waals surface area contributed by atoms with E-state index < -0.39 is 0 Å². The maximum absolute atomic E-state index is 13.2. The molecular formula is C20H20ClFN2O2. The lowest BCUT2D eigenvalue weighted by atomic mass is 10.1. The van der Waals surface area contributed by atoms with Crippen molar-refractivity contribution in [3.05, 3.63) is 70.5 Å². The molecule has 1 heterocycles. The second-order valence-corrected chi connectivity index (χ2v) is 6.74. The van der Waals surface area contributed by atoms with E-state index in [1.807, 2.05) is 18.2 Å². The molecule has 136 valence electrons. The Kier molecular flexibility index (Phi) is 5.89. The summed E-state index contributed by atoms with van der Waals surface area (Å²) < 4.78 is 13.2. The number of piperazine rings is 1. The molecule has 0 aliphatic carbocycles. The van der Waals surface area contributed by atoms with E-state index in [0.29, 0.717) is 36.8 Å². The zero-order valence-corrected chi connectivity index (χ0v) is 15.1. The first-order valence-electron chi connectivity index (χ1n) is 8.56. The minimum Gasteiger partial charge on any atom is -0.339 e. The molecule has 0 spiro atoms. The molecule has 0 aromatic heterocycles. The van der Waals surface area contributed by atoms with Gasteiger partial charge in [0.15, 0.2) is 0 Å². The largest absolute Gasteiger partial charge is 0.339 e. The molecular weight excluding hydrogens is 355 g/mol. The Hall–Kier alpha value is -2.40. The molecule has 1 aliphatic rings. The molecule has 3 rings (SSSR count). The van der Waals surface area contributed by atoms with Crippen molar-refractivity contribution in [2.45, 2.75) is 12.8 Å². The molecule has 0 atom stereocenters. The maximum Gasteiger partial charge on any atom is 0.227 e. The van der Waals surface area contributed by atoms with E-state index in [2.05, 4.69) is 0 Å². The van der Waals surface area contributed by atoms with Gasteiger partial charge in [0.05, 0.1) is 12.8 Å². The summed E-state index contributed by atoms with van der Waals surface area (Å²) in [6, 6.07) is 13.4. The Morgan fingerprint density at radius 3 is 2.12 bits per heavy atom. The zero-order valence-electron chi connectivity index (χ0n) is 14.3. The van der Waals surface area contributed by atoms with Gasteiger partial charge in [0, 0.05) is 31.2 Å². The monoisotopic (exact) mass is 374 g/mol. The number of hydrogen-bond donors (Lipinski definition) is 0. The lowest BCUT2D eigenvalue weighted by molar-refractivity contribution is -0.138. The number of carbonyl (C=O) groups is 2. The highest BCUT2D eigenvalue weighted by Gasteiger charge is 2.24. The van der Waals surface area contributed by atoms with Gasteiger partial charge >= 0.3 is 0 Å². The van der Waals surface area contributed by atoms with Gasteiger partial charge in [0.2, 0.25) is 11.8 Å². The summed E-state index contributed by atoms with van der Waals surface area (Å²) in [5.74, 6) is -0.380. The van der Waals surface area contributed by atoms with Crippen LogP contribution in [0.3, 0.4) is 0 Å². The normalized spacial score (nSPS) is 14.4. The molecule has 2 aromatic rings. The molecule has 0 radical (unpaired) electrons. The predicted molar refractivity (Wildman–Crippen MR) is 98.4 cm³/mol. The van der Waals surface area contributed by atoms with Crippen molar-refractivity contribution in [3.8, 4) is 0 Å². The van der Waals surface area contributed by atoms with Crippen LogP contribution in [0.15, 0.2) is 48.5 Å². The number of benzene rings is 2. The number of nitrogens with zero attached hydrogens (tertiary/aromatic N) is 2. The van der Waals surface area contributed by atoms with Crippen LogP contribution >= 0.6 is 11.6 Å². The van der Waals surface area contributed by atoms with E-state index in [9.17, 15) is 14.0 Å². The molecule has 6 heteroatoms. The summed E-state index contributed by atoms with van der Waals surface area (Å²) in [5.41, 5.74) is 1.47. The summed E-state index contributed by atoms with van der Waals surface area (Å²) in [5, 5.41) is 0.588. The first kappa shape index (κ1) is 18.4. The Bertz CT molecular complexity index is 804. The Morgan fingerprint density at radius 1 is 0.885 bits per heavy atom. The van der Waals surface area contributed by atoms with E-state index in [-0.39, 0.29) is 30.5 Å². The SMILES string of the molecule is O=C(Cc1cccc(F)c1)N1CCN(C(=O)Cc2ccccc2Cl)CC1. The summed E-state index contributed by atoms with van der Waals surface area (Å²) >= 11 is 6.11. The van der Waals surface area contributed by atoms with Gasteiger partial charge in [-0.05, 0) is 29.3 Å². The van der Waals surface area contributed by atoms with Gasteiger partial charge in [0.25, 0.3) is 0 Å². The summed E-state index contributed by atoms with van der Waals surface area (Å²) in [6.07, 6.45) is 0.433. The number of rotatable bonds is 4. The van der Waals surface area contributed by atoms with Gasteiger partial charge in [-0.15, -0.1) is 0 Å². The Morgan fingerprint density at radius 2 is 1.50 bits per heavy atom. The molecule has 2 aromatic carbocycles. The Labute approximate surface area is 157 Å². The topological polar surface area (TPSA) is 40.6 Å².